The molecule has 1 amide bonds. The highest BCUT2D eigenvalue weighted by molar-refractivity contribution is 5.93. The molecular weight excluding hydrogens is 236 g/mol. The molecule has 3 heteroatoms. The van der Waals surface area contributed by atoms with Crippen LogP contribution in [0.25, 0.3) is 0 Å². The lowest BCUT2D eigenvalue weighted by molar-refractivity contribution is -0.914. The molecule has 19 heavy (non-hydrogen) atoms. The number of likely N-dealkylation sites (tertiary alicyclic amines) is 1. The second kappa shape index (κ2) is 7.29. The molecule has 0 saturated carbocycles. The van der Waals surface area contributed by atoms with Crippen LogP contribution in [0.5, 0.6) is 0 Å². The zero-order chi connectivity index (χ0) is 13.5. The minimum atomic E-state index is 0.0401. The summed E-state index contributed by atoms with van der Waals surface area (Å²) in [6.45, 7) is 4.31. The summed E-state index contributed by atoms with van der Waals surface area (Å²) in [5, 5.41) is 3.02. The lowest BCUT2D eigenvalue weighted by Crippen LogP contribution is -3.16. The Morgan fingerprint density at radius 1 is 1.05 bits per heavy atom. The van der Waals surface area contributed by atoms with Crippen LogP contribution in [0.4, 0.5) is 5.69 Å². The van der Waals surface area contributed by atoms with E-state index in [1.165, 1.54) is 37.0 Å². The molecule has 1 aliphatic rings. The van der Waals surface area contributed by atoms with Gasteiger partial charge in [-0.1, -0.05) is 24.6 Å². The highest BCUT2D eigenvalue weighted by atomic mass is 16.2. The molecule has 104 valence electrons. The van der Waals surface area contributed by atoms with Gasteiger partial charge in [0.2, 0.25) is 0 Å². The highest BCUT2D eigenvalue weighted by Crippen LogP contribution is 2.06. The van der Waals surface area contributed by atoms with Crippen LogP contribution in [0.15, 0.2) is 30.3 Å². The molecule has 1 aromatic carbocycles. The summed E-state index contributed by atoms with van der Waals surface area (Å²) in [4.78, 5) is 13.7. The van der Waals surface area contributed by atoms with E-state index in [9.17, 15) is 4.79 Å². The van der Waals surface area contributed by atoms with Crippen molar-refractivity contribution in [3.63, 3.8) is 0 Å². The van der Waals surface area contributed by atoms with Crippen molar-refractivity contribution in [2.24, 2.45) is 0 Å². The van der Waals surface area contributed by atoms with E-state index in [1.54, 1.807) is 0 Å². The molecule has 2 N–H and O–H groups in total. The van der Waals surface area contributed by atoms with Gasteiger partial charge in [-0.3, -0.25) is 4.79 Å². The zero-order valence-corrected chi connectivity index (χ0v) is 11.8. The maximum Gasteiger partial charge on any atom is 0.282 e. The summed E-state index contributed by atoms with van der Waals surface area (Å²) in [7, 11) is 0. The number of hydrogen-bond donors (Lipinski definition) is 2. The minimum Gasteiger partial charge on any atom is -0.325 e. The second-order valence-corrected chi connectivity index (χ2v) is 5.50. The average Bonchev–Trinajstić information content (AvgIpc) is 2.39. The van der Waals surface area contributed by atoms with Crippen LogP contribution in [0.2, 0.25) is 0 Å². The Bertz CT molecular complexity index is 383. The first-order chi connectivity index (χ1) is 9.27. The van der Waals surface area contributed by atoms with Crippen molar-refractivity contribution in [1.29, 1.82) is 0 Å². The van der Waals surface area contributed by atoms with Gasteiger partial charge in [0.05, 0.1) is 13.1 Å². The SMILES string of the molecule is C[C@H](C(=O)Nc1ccccc1)[NH+]1CCCCCCC1. The molecule has 1 heterocycles. The van der Waals surface area contributed by atoms with Crippen LogP contribution >= 0.6 is 0 Å². The van der Waals surface area contributed by atoms with Gasteiger partial charge in [-0.05, 0) is 44.7 Å². The molecule has 3 nitrogen and oxygen atoms in total. The number of amides is 1. The molecule has 0 spiro atoms. The van der Waals surface area contributed by atoms with Gasteiger partial charge >= 0.3 is 0 Å². The predicted molar refractivity (Wildman–Crippen MR) is 78.3 cm³/mol. The van der Waals surface area contributed by atoms with Gasteiger partial charge in [0.25, 0.3) is 5.91 Å². The molecule has 1 atom stereocenters. The first-order valence-electron chi connectivity index (χ1n) is 7.48. The number of carbonyl (C=O) groups is 1. The Balaban J connectivity index is 1.90. The van der Waals surface area contributed by atoms with Gasteiger partial charge in [0, 0.05) is 5.69 Å². The molecule has 0 radical (unpaired) electrons. The van der Waals surface area contributed by atoms with Gasteiger partial charge in [-0.15, -0.1) is 0 Å². The second-order valence-electron chi connectivity index (χ2n) is 5.50. The third kappa shape index (κ3) is 4.35. The van der Waals surface area contributed by atoms with Crippen molar-refractivity contribution < 1.29 is 9.69 Å². The molecule has 0 unspecified atom stereocenters. The fourth-order valence-electron chi connectivity index (χ4n) is 2.75. The first kappa shape index (κ1) is 14.1. The number of anilines is 1. The van der Waals surface area contributed by atoms with Gasteiger partial charge < -0.3 is 10.2 Å². The van der Waals surface area contributed by atoms with Crippen molar-refractivity contribution in [3.8, 4) is 0 Å². The van der Waals surface area contributed by atoms with Crippen molar-refractivity contribution >= 4 is 11.6 Å². The highest BCUT2D eigenvalue weighted by Gasteiger charge is 2.25. The summed E-state index contributed by atoms with van der Waals surface area (Å²) >= 11 is 0. The maximum atomic E-state index is 12.3. The Kier molecular flexibility index (Phi) is 5.40. The van der Waals surface area contributed by atoms with E-state index in [-0.39, 0.29) is 11.9 Å². The fourth-order valence-corrected chi connectivity index (χ4v) is 2.75. The van der Waals surface area contributed by atoms with E-state index < -0.39 is 0 Å². The summed E-state index contributed by atoms with van der Waals surface area (Å²) < 4.78 is 0. The Labute approximate surface area is 116 Å². The monoisotopic (exact) mass is 261 g/mol. The number of nitrogens with one attached hydrogen (secondary N) is 2. The van der Waals surface area contributed by atoms with Gasteiger partial charge in [0.1, 0.15) is 0 Å². The van der Waals surface area contributed by atoms with E-state index in [4.69, 9.17) is 0 Å². The molecule has 1 aliphatic heterocycles. The van der Waals surface area contributed by atoms with E-state index in [0.29, 0.717) is 0 Å². The van der Waals surface area contributed by atoms with Crippen molar-refractivity contribution in [2.75, 3.05) is 18.4 Å². The summed E-state index contributed by atoms with van der Waals surface area (Å²) in [5.41, 5.74) is 0.894. The van der Waals surface area contributed by atoms with Gasteiger partial charge in [-0.25, -0.2) is 0 Å². The van der Waals surface area contributed by atoms with Crippen LogP contribution in [-0.2, 0) is 4.79 Å². The largest absolute Gasteiger partial charge is 0.325 e. The average molecular weight is 261 g/mol. The smallest absolute Gasteiger partial charge is 0.282 e. The molecule has 0 bridgehead atoms. The number of para-hydroxylation sites is 1. The van der Waals surface area contributed by atoms with Crippen molar-refractivity contribution in [3.05, 3.63) is 30.3 Å². The molecule has 0 aliphatic carbocycles. The third-order valence-electron chi connectivity index (χ3n) is 4.04. The fraction of sp³-hybridized carbons (Fsp3) is 0.562. The summed E-state index contributed by atoms with van der Waals surface area (Å²) in [6.07, 6.45) is 6.49. The predicted octanol–water partition coefficient (Wildman–Crippen LogP) is 1.86. The number of benzene rings is 1. The number of rotatable bonds is 3. The summed E-state index contributed by atoms with van der Waals surface area (Å²) in [6, 6.07) is 9.77. The Morgan fingerprint density at radius 3 is 2.26 bits per heavy atom. The number of quaternary nitrogens is 1. The third-order valence-corrected chi connectivity index (χ3v) is 4.04. The first-order valence-corrected chi connectivity index (χ1v) is 7.48. The van der Waals surface area contributed by atoms with E-state index in [2.05, 4.69) is 12.2 Å². The van der Waals surface area contributed by atoms with Crippen LogP contribution in [0.1, 0.15) is 39.0 Å². The molecule has 1 fully saturated rings. The number of hydrogen-bond acceptors (Lipinski definition) is 1. The van der Waals surface area contributed by atoms with Crippen molar-refractivity contribution in [2.45, 2.75) is 45.1 Å². The van der Waals surface area contributed by atoms with Crippen LogP contribution < -0.4 is 10.2 Å². The lowest BCUT2D eigenvalue weighted by atomic mass is 10.1. The zero-order valence-electron chi connectivity index (χ0n) is 11.8. The van der Waals surface area contributed by atoms with Crippen LogP contribution in [-0.4, -0.2) is 25.0 Å². The van der Waals surface area contributed by atoms with Gasteiger partial charge in [0.15, 0.2) is 6.04 Å². The Morgan fingerprint density at radius 2 is 1.63 bits per heavy atom. The Hall–Kier alpha value is -1.35. The lowest BCUT2D eigenvalue weighted by Gasteiger charge is -2.26. The molecule has 2 rings (SSSR count). The van der Waals surface area contributed by atoms with E-state index in [1.807, 2.05) is 30.3 Å². The van der Waals surface area contributed by atoms with E-state index in [0.717, 1.165) is 18.8 Å². The topological polar surface area (TPSA) is 33.5 Å². The molecule has 0 aromatic heterocycles. The van der Waals surface area contributed by atoms with E-state index >= 15 is 0 Å². The molecule has 1 saturated heterocycles. The number of carbonyl (C=O) groups excluding carboxylic acids is 1. The standard InChI is InChI=1S/C16H24N2O/c1-14(18-12-8-3-2-4-9-13-18)16(19)17-15-10-6-5-7-11-15/h5-7,10-11,14H,2-4,8-9,12-13H2,1H3,(H,17,19)/p+1/t14-/m1/s1. The van der Waals surface area contributed by atoms with Crippen LogP contribution in [0.3, 0.4) is 0 Å². The minimum absolute atomic E-state index is 0.0401. The van der Waals surface area contributed by atoms with Gasteiger partial charge in [-0.2, -0.15) is 0 Å². The maximum absolute atomic E-state index is 12.3. The normalized spacial score (nSPS) is 19.2. The quantitative estimate of drug-likeness (QED) is 0.855. The van der Waals surface area contributed by atoms with Crippen molar-refractivity contribution in [1.82, 2.24) is 0 Å². The summed E-state index contributed by atoms with van der Waals surface area (Å²) in [5.74, 6) is 0.141. The molecular formula is C16H25N2O+. The molecule has 1 aromatic rings. The van der Waals surface area contributed by atoms with Crippen LogP contribution in [0, 0.1) is 0 Å².